The lowest BCUT2D eigenvalue weighted by molar-refractivity contribution is 0.387. The summed E-state index contributed by atoms with van der Waals surface area (Å²) in [7, 11) is 0. The number of alkyl halides is 1. The molecule has 13 heavy (non-hydrogen) atoms. The maximum atomic E-state index is 8.11. The predicted molar refractivity (Wildman–Crippen MR) is 50.6 cm³/mol. The van der Waals surface area contributed by atoms with Crippen LogP contribution in [0.15, 0.2) is 29.4 Å². The van der Waals surface area contributed by atoms with Gasteiger partial charge in [0, 0.05) is 4.91 Å². The molecule has 1 rings (SSSR count). The van der Waals surface area contributed by atoms with Gasteiger partial charge in [-0.1, -0.05) is 28.8 Å². The van der Waals surface area contributed by atoms with E-state index in [0.29, 0.717) is 12.3 Å². The minimum atomic E-state index is 0.116. The van der Waals surface area contributed by atoms with Crippen LogP contribution >= 0.6 is 11.6 Å². The van der Waals surface area contributed by atoms with Crippen LogP contribution < -0.4 is 4.74 Å². The van der Waals surface area contributed by atoms with Crippen LogP contribution in [0.4, 0.5) is 0 Å². The summed E-state index contributed by atoms with van der Waals surface area (Å²) < 4.78 is 5.06. The summed E-state index contributed by atoms with van der Waals surface area (Å²) in [4.78, 5) is 2.66. The molecule has 0 aliphatic rings. The second kappa shape index (κ2) is 5.30. The van der Waals surface area contributed by atoms with E-state index in [-0.39, 0.29) is 6.07 Å². The van der Waals surface area contributed by atoms with E-state index in [4.69, 9.17) is 21.9 Å². The highest BCUT2D eigenvalue weighted by molar-refractivity contribution is 6.17. The van der Waals surface area contributed by atoms with Crippen molar-refractivity contribution in [1.82, 2.24) is 0 Å². The second-order valence-corrected chi connectivity index (χ2v) is 2.51. The van der Waals surface area contributed by atoms with E-state index in [1.54, 1.807) is 12.1 Å². The molecular weight excluding hydrogens is 190 g/mol. The van der Waals surface area contributed by atoms with Crippen molar-refractivity contribution >= 4 is 11.6 Å². The third-order valence-electron chi connectivity index (χ3n) is 1.44. The molecule has 0 saturated carbocycles. The Kier molecular flexibility index (Phi) is 3.96. The molecular formula is C8H8ClN3O. The van der Waals surface area contributed by atoms with Gasteiger partial charge in [-0.05, 0) is 23.2 Å². The fourth-order valence-electron chi connectivity index (χ4n) is 0.910. The molecule has 0 fully saturated rings. The highest BCUT2D eigenvalue weighted by atomic mass is 35.5. The highest BCUT2D eigenvalue weighted by Gasteiger charge is 1.94. The molecule has 4 nitrogen and oxygen atoms in total. The molecule has 0 unspecified atom stereocenters. The van der Waals surface area contributed by atoms with Crippen molar-refractivity contribution < 1.29 is 4.74 Å². The molecule has 0 bridgehead atoms. The summed E-state index contributed by atoms with van der Waals surface area (Å²) in [5, 5.41) is 3.44. The Morgan fingerprint density at radius 1 is 1.54 bits per heavy atom. The maximum absolute atomic E-state index is 8.11. The fraction of sp³-hybridized carbons (Fsp3) is 0.250. The van der Waals surface area contributed by atoms with E-state index in [0.717, 1.165) is 5.56 Å². The number of nitrogens with zero attached hydrogens (tertiary/aromatic N) is 3. The molecule has 5 heteroatoms. The average Bonchev–Trinajstić information content (AvgIpc) is 2.16. The summed E-state index contributed by atoms with van der Waals surface area (Å²) in [5.74, 6) is 0.681. The van der Waals surface area contributed by atoms with E-state index in [1.807, 2.05) is 12.1 Å². The monoisotopic (exact) mass is 197 g/mol. The molecule has 0 atom stereocenters. The van der Waals surface area contributed by atoms with Crippen LogP contribution in [0, 0.1) is 0 Å². The molecule has 0 N–H and O–H groups in total. The molecule has 0 heterocycles. The minimum Gasteiger partial charge on any atom is -0.478 e. The Hall–Kier alpha value is -1.38. The normalized spacial score (nSPS) is 9.00. The molecule has 1 aromatic rings. The Morgan fingerprint density at radius 3 is 3.08 bits per heavy atom. The molecule has 0 aromatic heterocycles. The number of hydrogen-bond donors (Lipinski definition) is 0. The maximum Gasteiger partial charge on any atom is 0.162 e. The van der Waals surface area contributed by atoms with Gasteiger partial charge in [-0.25, -0.2) is 0 Å². The third kappa shape index (κ3) is 3.23. The van der Waals surface area contributed by atoms with Crippen molar-refractivity contribution in [3.8, 4) is 5.75 Å². The molecule has 0 aliphatic carbocycles. The van der Waals surface area contributed by atoms with Crippen LogP contribution in [-0.4, -0.2) is 6.07 Å². The zero-order valence-electron chi connectivity index (χ0n) is 6.85. The van der Waals surface area contributed by atoms with E-state index in [1.165, 1.54) is 0 Å². The van der Waals surface area contributed by atoms with Gasteiger partial charge in [-0.3, -0.25) is 0 Å². The van der Waals surface area contributed by atoms with Crippen molar-refractivity contribution in [2.45, 2.75) is 6.54 Å². The molecule has 0 amide bonds. The SMILES string of the molecule is [N-]=[N+]=NCc1cccc(OCCl)c1. The van der Waals surface area contributed by atoms with E-state index >= 15 is 0 Å². The first-order valence-corrected chi connectivity index (χ1v) is 4.19. The van der Waals surface area contributed by atoms with Crippen LogP contribution in [0.3, 0.4) is 0 Å². The highest BCUT2D eigenvalue weighted by Crippen LogP contribution is 2.14. The molecule has 0 radical (unpaired) electrons. The van der Waals surface area contributed by atoms with Gasteiger partial charge >= 0.3 is 0 Å². The predicted octanol–water partition coefficient (Wildman–Crippen LogP) is 3.07. The lowest BCUT2D eigenvalue weighted by Crippen LogP contribution is -1.89. The van der Waals surface area contributed by atoms with Gasteiger partial charge in [0.05, 0.1) is 6.54 Å². The first-order valence-electron chi connectivity index (χ1n) is 3.65. The molecule has 0 spiro atoms. The van der Waals surface area contributed by atoms with Gasteiger partial charge in [0.2, 0.25) is 0 Å². The Balaban J connectivity index is 2.72. The van der Waals surface area contributed by atoms with Crippen LogP contribution in [0.5, 0.6) is 5.75 Å². The number of halogens is 1. The Morgan fingerprint density at radius 2 is 2.38 bits per heavy atom. The number of ether oxygens (including phenoxy) is 1. The topological polar surface area (TPSA) is 58.0 Å². The van der Waals surface area contributed by atoms with E-state index in [2.05, 4.69) is 10.0 Å². The van der Waals surface area contributed by atoms with Crippen molar-refractivity contribution in [1.29, 1.82) is 0 Å². The van der Waals surface area contributed by atoms with Crippen LogP contribution in [-0.2, 0) is 6.54 Å². The summed E-state index contributed by atoms with van der Waals surface area (Å²) in [5.41, 5.74) is 9.01. The average molecular weight is 198 g/mol. The van der Waals surface area contributed by atoms with E-state index in [9.17, 15) is 0 Å². The number of hydrogen-bond acceptors (Lipinski definition) is 2. The summed E-state index contributed by atoms with van der Waals surface area (Å²) in [6, 6.07) is 7.38. The number of benzene rings is 1. The quantitative estimate of drug-likeness (QED) is 0.317. The lowest BCUT2D eigenvalue weighted by Gasteiger charge is -2.02. The van der Waals surface area contributed by atoms with E-state index < -0.39 is 0 Å². The molecule has 1 aromatic carbocycles. The van der Waals surface area contributed by atoms with Gasteiger partial charge in [-0.15, -0.1) is 0 Å². The van der Waals surface area contributed by atoms with Crippen LogP contribution in [0.1, 0.15) is 5.56 Å². The van der Waals surface area contributed by atoms with Gasteiger partial charge < -0.3 is 4.74 Å². The van der Waals surface area contributed by atoms with Crippen molar-refractivity contribution in [2.75, 3.05) is 6.07 Å². The number of azide groups is 1. The van der Waals surface area contributed by atoms with Gasteiger partial charge in [0.25, 0.3) is 0 Å². The minimum absolute atomic E-state index is 0.116. The summed E-state index contributed by atoms with van der Waals surface area (Å²) >= 11 is 5.39. The summed E-state index contributed by atoms with van der Waals surface area (Å²) in [6.45, 7) is 0.329. The third-order valence-corrected chi connectivity index (χ3v) is 1.55. The zero-order chi connectivity index (χ0) is 9.52. The summed E-state index contributed by atoms with van der Waals surface area (Å²) in [6.07, 6.45) is 0. The lowest BCUT2D eigenvalue weighted by atomic mass is 10.2. The van der Waals surface area contributed by atoms with Crippen molar-refractivity contribution in [2.24, 2.45) is 5.11 Å². The molecule has 0 aliphatic heterocycles. The van der Waals surface area contributed by atoms with Crippen LogP contribution in [0.25, 0.3) is 10.4 Å². The van der Waals surface area contributed by atoms with Crippen LogP contribution in [0.2, 0.25) is 0 Å². The number of rotatable bonds is 4. The van der Waals surface area contributed by atoms with Crippen molar-refractivity contribution in [3.05, 3.63) is 40.3 Å². The van der Waals surface area contributed by atoms with Crippen molar-refractivity contribution in [3.63, 3.8) is 0 Å². The first kappa shape index (κ1) is 9.71. The largest absolute Gasteiger partial charge is 0.478 e. The van der Waals surface area contributed by atoms with Gasteiger partial charge in [-0.2, -0.15) is 0 Å². The fourth-order valence-corrected chi connectivity index (χ4v) is 1.04. The first-order chi connectivity index (χ1) is 6.36. The molecule has 68 valence electrons. The van der Waals surface area contributed by atoms with Gasteiger partial charge in [0.15, 0.2) is 6.07 Å². The second-order valence-electron chi connectivity index (χ2n) is 2.29. The van der Waals surface area contributed by atoms with Gasteiger partial charge in [0.1, 0.15) is 5.75 Å². The zero-order valence-corrected chi connectivity index (χ0v) is 7.61. The Bertz CT molecular complexity index is 323. The molecule has 0 saturated heterocycles. The Labute approximate surface area is 80.7 Å². The smallest absolute Gasteiger partial charge is 0.162 e. The standard InChI is InChI=1S/C8H8ClN3O/c9-6-13-8-3-1-2-7(4-8)5-11-12-10/h1-4H,5-6H2.